The van der Waals surface area contributed by atoms with Crippen LogP contribution in [0.5, 0.6) is 0 Å². The van der Waals surface area contributed by atoms with Gasteiger partial charge in [0.25, 0.3) is 0 Å². The van der Waals surface area contributed by atoms with E-state index in [-0.39, 0.29) is 46.9 Å². The maximum absolute atomic E-state index is 9.68. The molecule has 0 atom stereocenters. The van der Waals surface area contributed by atoms with Crippen molar-refractivity contribution in [2.75, 3.05) is 0 Å². The van der Waals surface area contributed by atoms with Gasteiger partial charge in [0, 0.05) is 0 Å². The molecule has 2 saturated heterocycles. The van der Waals surface area contributed by atoms with E-state index in [1.807, 2.05) is 0 Å². The summed E-state index contributed by atoms with van der Waals surface area (Å²) in [6.07, 6.45) is 0. The van der Waals surface area contributed by atoms with E-state index in [1.54, 1.807) is 0 Å². The van der Waals surface area contributed by atoms with E-state index < -0.39 is 18.1 Å². The molecule has 0 unspecified atom stereocenters. The smallest absolute Gasteiger partial charge is 0.826 e. The second-order valence-electron chi connectivity index (χ2n) is 1.47. The fraction of sp³-hybridized carbons (Fsp3) is 0. The third kappa shape index (κ3) is 7.59. The van der Waals surface area contributed by atoms with Gasteiger partial charge in [-0.2, -0.15) is 0 Å². The van der Waals surface area contributed by atoms with Gasteiger partial charge in [-0.15, -0.1) is 0 Å². The van der Waals surface area contributed by atoms with Crippen LogP contribution in [0.4, 0.5) is 0 Å². The zero-order chi connectivity index (χ0) is 9.24. The Morgan fingerprint density at radius 2 is 0.857 bits per heavy atom. The quantitative estimate of drug-likeness (QED) is 0.314. The van der Waals surface area contributed by atoms with Crippen molar-refractivity contribution in [2.24, 2.45) is 0 Å². The van der Waals surface area contributed by atoms with E-state index >= 15 is 0 Å². The van der Waals surface area contributed by atoms with Gasteiger partial charge in [-0.1, -0.05) is 0 Å². The average Bonchev–Trinajstić information content (AvgIpc) is 1.83. The first-order valence-corrected chi connectivity index (χ1v) is 6.90. The second-order valence-corrected chi connectivity index (χ2v) is 6.41. The molecule has 0 aliphatic carbocycles. The maximum atomic E-state index is 9.68. The van der Waals surface area contributed by atoms with Crippen LogP contribution < -0.4 is 48.7 Å². The third-order valence-electron chi connectivity index (χ3n) is 0.544. The molecule has 14 heavy (non-hydrogen) atoms. The van der Waals surface area contributed by atoms with E-state index in [0.717, 1.165) is 0 Å². The third-order valence-corrected chi connectivity index (χ3v) is 4.90. The second kappa shape index (κ2) is 7.63. The summed E-state index contributed by atoms with van der Waals surface area (Å²) in [6.45, 7) is 0. The molecule has 0 bridgehead atoms. The van der Waals surface area contributed by atoms with Crippen molar-refractivity contribution >= 4 is 60.1 Å². The molecule has 72 valence electrons. The van der Waals surface area contributed by atoms with E-state index in [9.17, 15) is 19.2 Å². The number of rotatable bonds is 0. The van der Waals surface area contributed by atoms with Gasteiger partial charge in [-0.3, -0.25) is 0 Å². The summed E-state index contributed by atoms with van der Waals surface area (Å²) in [7, 11) is -7.98. The zero-order valence-electron chi connectivity index (χ0n) is 6.66. The summed E-state index contributed by atoms with van der Waals surface area (Å²) >= 11 is 0.961. The predicted molar refractivity (Wildman–Crippen MR) is 36.8 cm³/mol. The van der Waals surface area contributed by atoms with Crippen LogP contribution in [0.3, 0.4) is 0 Å². The minimum atomic E-state index is -3.99. The Hall–Kier alpha value is 2.35. The Kier molecular flexibility index (Phi) is 10.2. The maximum Gasteiger partial charge on any atom is 3.00 e. The SMILES string of the molecule is [Al+3].[Na+].[O-][Si]1([O-])OSO1.[O-][Si]1([O-])OSO1. The summed E-state index contributed by atoms with van der Waals surface area (Å²) in [5.41, 5.74) is 0. The predicted octanol–water partition coefficient (Wildman–Crippen LogP) is -7.87. The van der Waals surface area contributed by atoms with Gasteiger partial charge in [-0.05, 0) is 0 Å². The van der Waals surface area contributed by atoms with Crippen molar-refractivity contribution in [1.29, 1.82) is 0 Å². The van der Waals surface area contributed by atoms with Gasteiger partial charge in [-0.25, -0.2) is 0 Å². The largest absolute Gasteiger partial charge is 3.00 e. The Labute approximate surface area is 123 Å². The van der Waals surface area contributed by atoms with Gasteiger partial charge in [0.15, 0.2) is 18.1 Å². The van der Waals surface area contributed by atoms with Crippen molar-refractivity contribution < 1.29 is 64.2 Å². The normalized spacial score (nSPS) is 24.9. The molecule has 0 aromatic heterocycles. The first-order chi connectivity index (χ1) is 5.41. The Morgan fingerprint density at radius 3 is 0.857 bits per heavy atom. The van der Waals surface area contributed by atoms with E-state index in [0.29, 0.717) is 24.6 Å². The molecule has 2 aliphatic heterocycles. The summed E-state index contributed by atoms with van der Waals surface area (Å²) in [4.78, 5) is 38.7. The summed E-state index contributed by atoms with van der Waals surface area (Å²) in [5, 5.41) is 0. The number of hydrogen-bond acceptors (Lipinski definition) is 10. The molecule has 0 saturated carbocycles. The molecule has 0 aromatic rings. The van der Waals surface area contributed by atoms with Crippen molar-refractivity contribution in [3.8, 4) is 0 Å². The molecule has 0 aromatic carbocycles. The molecule has 2 rings (SSSR count). The Balaban J connectivity index is 0. The van der Waals surface area contributed by atoms with E-state index in [4.69, 9.17) is 0 Å². The number of hydrogen-bond donors (Lipinski definition) is 0. The molecule has 0 radical (unpaired) electrons. The van der Waals surface area contributed by atoms with Crippen LogP contribution in [0.15, 0.2) is 0 Å². The summed E-state index contributed by atoms with van der Waals surface area (Å²) < 4.78 is 15.4. The van der Waals surface area contributed by atoms with Gasteiger partial charge in [0.05, 0.1) is 0 Å². The summed E-state index contributed by atoms with van der Waals surface area (Å²) in [5.74, 6) is 0. The molecule has 0 spiro atoms. The topological polar surface area (TPSA) is 129 Å². The molecule has 2 heterocycles. The van der Waals surface area contributed by atoms with Crippen molar-refractivity contribution in [3.05, 3.63) is 0 Å². The minimum Gasteiger partial charge on any atom is -0.826 e. The van der Waals surface area contributed by atoms with Crippen LogP contribution in [0.25, 0.3) is 0 Å². The molecule has 0 N–H and O–H groups in total. The molecule has 0 amide bonds. The van der Waals surface area contributed by atoms with Crippen molar-refractivity contribution in [3.63, 3.8) is 0 Å². The monoisotopic (exact) mass is 298 g/mol. The van der Waals surface area contributed by atoms with Gasteiger partial charge in [0.1, 0.15) is 24.6 Å². The first kappa shape index (κ1) is 18.7. The van der Waals surface area contributed by atoms with Crippen molar-refractivity contribution in [2.45, 2.75) is 0 Å². The molecule has 8 nitrogen and oxygen atoms in total. The van der Waals surface area contributed by atoms with Crippen LogP contribution in [0.2, 0.25) is 0 Å². The zero-order valence-corrected chi connectivity index (χ0v) is 13.4. The molecular formula is AlNaO8S2Si2. The standard InChI is InChI=1S/Al.Na.2O4SSi/c;;2*1-6(2)3-5-4-6/q+3;+1;2*-2. The molecule has 2 aliphatic rings. The fourth-order valence-electron chi connectivity index (χ4n) is 0.179. The van der Waals surface area contributed by atoms with Crippen molar-refractivity contribution in [1.82, 2.24) is 0 Å². The fourth-order valence-corrected chi connectivity index (χ4v) is 1.61. The average molecular weight is 298 g/mol. The van der Waals surface area contributed by atoms with Gasteiger partial charge >= 0.3 is 46.9 Å². The molecule has 14 heteroatoms. The van der Waals surface area contributed by atoms with Crippen LogP contribution >= 0.6 is 24.6 Å². The Bertz CT molecular complexity index is 137. The first-order valence-electron chi connectivity index (χ1n) is 2.30. The van der Waals surface area contributed by atoms with E-state index in [2.05, 4.69) is 15.5 Å². The molecule has 2 fully saturated rings. The van der Waals surface area contributed by atoms with Crippen LogP contribution in [-0.4, -0.2) is 35.5 Å². The van der Waals surface area contributed by atoms with E-state index in [1.165, 1.54) is 0 Å². The molecular weight excluding hydrogens is 298 g/mol. The summed E-state index contributed by atoms with van der Waals surface area (Å²) in [6, 6.07) is 0. The van der Waals surface area contributed by atoms with Gasteiger partial charge in [0.2, 0.25) is 0 Å². The Morgan fingerprint density at radius 1 is 0.714 bits per heavy atom. The van der Waals surface area contributed by atoms with Gasteiger partial charge < -0.3 is 34.7 Å². The minimum absolute atomic E-state index is 0. The van der Waals surface area contributed by atoms with Crippen LogP contribution in [0, 0.1) is 0 Å². The van der Waals surface area contributed by atoms with Crippen LogP contribution in [-0.2, 0) is 15.5 Å². The van der Waals surface area contributed by atoms with Crippen LogP contribution in [0.1, 0.15) is 0 Å².